The molecular weight excluding hydrogens is 622 g/mol. The molecule has 0 radical (unpaired) electrons. The molecule has 2 aromatic rings. The Balaban J connectivity index is 1.42. The van der Waals surface area contributed by atoms with Gasteiger partial charge in [-0.1, -0.05) is 17.3 Å². The third kappa shape index (κ3) is 7.58. The van der Waals surface area contributed by atoms with Crippen molar-refractivity contribution in [1.29, 1.82) is 0 Å². The number of carbonyl (C=O) groups excluding carboxylic acids is 4. The van der Waals surface area contributed by atoms with Gasteiger partial charge in [0, 0.05) is 17.0 Å². The molecule has 16 heteroatoms. The second kappa shape index (κ2) is 13.7. The summed E-state index contributed by atoms with van der Waals surface area (Å²) in [7, 11) is 2.81. The lowest BCUT2D eigenvalue weighted by molar-refractivity contribution is -0.153. The number of esters is 1. The largest absolute Gasteiger partial charge is 0.497 e. The highest BCUT2D eigenvalue weighted by Crippen LogP contribution is 2.41. The summed E-state index contributed by atoms with van der Waals surface area (Å²) in [5.41, 5.74) is 0.558. The molecule has 230 valence electrons. The number of rotatable bonds is 10. The molecule has 2 N–H and O–H groups in total. The lowest BCUT2D eigenvalue weighted by atomic mass is 10.0. The van der Waals surface area contributed by atoms with Gasteiger partial charge in [-0.25, -0.2) is 14.6 Å². The van der Waals surface area contributed by atoms with Crippen molar-refractivity contribution in [3.63, 3.8) is 0 Å². The number of fused-ring (bicyclic) bond motifs is 1. The topological polar surface area (TPSA) is 158 Å². The zero-order chi connectivity index (χ0) is 31.3. The third-order valence-electron chi connectivity index (χ3n) is 5.97. The van der Waals surface area contributed by atoms with E-state index in [1.54, 1.807) is 52.1 Å². The van der Waals surface area contributed by atoms with E-state index in [4.69, 9.17) is 30.6 Å². The number of thiazole rings is 1. The number of thioether (sulfide) groups is 1. The van der Waals surface area contributed by atoms with Crippen molar-refractivity contribution >= 4 is 69.4 Å². The number of halogens is 1. The van der Waals surface area contributed by atoms with E-state index in [1.165, 1.54) is 29.2 Å². The van der Waals surface area contributed by atoms with Gasteiger partial charge < -0.3 is 24.4 Å². The number of hydrogen-bond donors (Lipinski definition) is 2. The summed E-state index contributed by atoms with van der Waals surface area (Å²) >= 11 is 8.52. The van der Waals surface area contributed by atoms with Crippen molar-refractivity contribution < 1.29 is 38.2 Å². The highest BCUT2D eigenvalue weighted by atomic mass is 35.5. The van der Waals surface area contributed by atoms with Crippen LogP contribution in [0.3, 0.4) is 0 Å². The monoisotopic (exact) mass is 651 g/mol. The first kappa shape index (κ1) is 32.1. The van der Waals surface area contributed by atoms with Gasteiger partial charge in [-0.05, 0) is 44.0 Å². The van der Waals surface area contributed by atoms with E-state index in [9.17, 15) is 19.2 Å². The van der Waals surface area contributed by atoms with Crippen LogP contribution < -0.4 is 15.4 Å². The molecule has 4 rings (SSSR count). The first-order valence-electron chi connectivity index (χ1n) is 12.9. The van der Waals surface area contributed by atoms with E-state index < -0.39 is 40.9 Å². The minimum Gasteiger partial charge on any atom is -0.497 e. The molecule has 43 heavy (non-hydrogen) atoms. The van der Waals surface area contributed by atoms with Crippen molar-refractivity contribution in [3.05, 3.63) is 52.2 Å². The molecule has 0 saturated carbocycles. The summed E-state index contributed by atoms with van der Waals surface area (Å²) in [6.45, 7) is 5.16. The number of carbonyl (C=O) groups is 4. The molecule has 2 atom stereocenters. The Morgan fingerprint density at radius 1 is 1.19 bits per heavy atom. The lowest BCUT2D eigenvalue weighted by Crippen LogP contribution is -2.71. The van der Waals surface area contributed by atoms with Gasteiger partial charge in [0.25, 0.3) is 11.8 Å². The number of amides is 3. The van der Waals surface area contributed by atoms with E-state index >= 15 is 0 Å². The number of oxime groups is 1. The van der Waals surface area contributed by atoms with Crippen LogP contribution in [0.4, 0.5) is 9.93 Å². The molecule has 0 unspecified atom stereocenters. The maximum absolute atomic E-state index is 13.3. The maximum atomic E-state index is 13.3. The van der Waals surface area contributed by atoms with E-state index in [1.807, 2.05) is 0 Å². The SMILES string of the molecule is CO/N=C(\C(=O)N[C@@H]1C(=O)N2C(C(=O)OCc3ccc(OC)cc3)=C(CCl)CS[C@H]12)c1csc(NC(=O)OC(C)(C)C)n1. The molecule has 3 heterocycles. The van der Waals surface area contributed by atoms with Crippen LogP contribution in [0.5, 0.6) is 5.75 Å². The molecule has 13 nitrogen and oxygen atoms in total. The number of benzene rings is 1. The third-order valence-corrected chi connectivity index (χ3v) is 8.39. The standard InChI is InChI=1S/C27H30ClN5O8S2/c1-27(2,3)41-26(37)31-25-29-17(13-43-25)18(32-39-5)21(34)30-19-22(35)33-20(15(10-28)12-42-23(19)33)24(36)40-11-14-6-8-16(38-4)9-7-14/h6-9,13,19,23H,10-12H2,1-5H3,(H,30,34)(H,29,31,37)/b32-18-/t19-,23-/m1/s1. The Bertz CT molecular complexity index is 1450. The van der Waals surface area contributed by atoms with E-state index in [0.29, 0.717) is 17.1 Å². The molecule has 1 aromatic heterocycles. The molecule has 0 spiro atoms. The fraction of sp³-hybridized carbons (Fsp3) is 0.407. The number of alkyl halides is 1. The normalized spacial score (nSPS) is 18.3. The number of anilines is 1. The van der Waals surface area contributed by atoms with Crippen LogP contribution in [-0.2, 0) is 35.3 Å². The van der Waals surface area contributed by atoms with E-state index in [-0.39, 0.29) is 34.7 Å². The molecule has 1 aromatic carbocycles. The Morgan fingerprint density at radius 2 is 1.91 bits per heavy atom. The van der Waals surface area contributed by atoms with Crippen molar-refractivity contribution in [1.82, 2.24) is 15.2 Å². The number of β-lactam (4-membered cyclic amide) rings is 1. The van der Waals surface area contributed by atoms with Crippen LogP contribution in [-0.4, -0.2) is 82.3 Å². The van der Waals surface area contributed by atoms with Crippen molar-refractivity contribution in [2.24, 2.45) is 5.16 Å². The van der Waals surface area contributed by atoms with E-state index in [2.05, 4.69) is 20.8 Å². The molecule has 0 aliphatic carbocycles. The van der Waals surface area contributed by atoms with E-state index in [0.717, 1.165) is 16.9 Å². The quantitative estimate of drug-likeness (QED) is 0.128. The zero-order valence-electron chi connectivity index (χ0n) is 24.0. The van der Waals surface area contributed by atoms with Gasteiger partial charge in [-0.2, -0.15) is 0 Å². The van der Waals surface area contributed by atoms with Crippen molar-refractivity contribution in [2.75, 3.05) is 31.2 Å². The number of hydrogen-bond acceptors (Lipinski definition) is 12. The summed E-state index contributed by atoms with van der Waals surface area (Å²) in [5, 5.41) is 10.0. The second-order valence-electron chi connectivity index (χ2n) is 10.2. The maximum Gasteiger partial charge on any atom is 0.413 e. The number of aromatic nitrogens is 1. The lowest BCUT2D eigenvalue weighted by Gasteiger charge is -2.49. The second-order valence-corrected chi connectivity index (χ2v) is 12.4. The molecule has 3 amide bonds. The summed E-state index contributed by atoms with van der Waals surface area (Å²) in [6.07, 6.45) is -0.708. The van der Waals surface area contributed by atoms with Crippen molar-refractivity contribution in [3.8, 4) is 5.75 Å². The van der Waals surface area contributed by atoms with Gasteiger partial charge in [0.1, 0.15) is 47.9 Å². The predicted molar refractivity (Wildman–Crippen MR) is 161 cm³/mol. The molecule has 2 aliphatic rings. The average molecular weight is 652 g/mol. The Hall–Kier alpha value is -3.82. The first-order valence-corrected chi connectivity index (χ1v) is 15.3. The summed E-state index contributed by atoms with van der Waals surface area (Å²) < 4.78 is 15.9. The van der Waals surface area contributed by atoms with Gasteiger partial charge in [0.05, 0.1) is 7.11 Å². The molecule has 2 aliphatic heterocycles. The van der Waals surface area contributed by atoms with Gasteiger partial charge >= 0.3 is 12.1 Å². The molecule has 0 bridgehead atoms. The molecule has 1 saturated heterocycles. The number of nitrogens with one attached hydrogen (secondary N) is 2. The van der Waals surface area contributed by atoms with Crippen LogP contribution in [0, 0.1) is 0 Å². The minimum absolute atomic E-state index is 0.0167. The zero-order valence-corrected chi connectivity index (χ0v) is 26.4. The highest BCUT2D eigenvalue weighted by molar-refractivity contribution is 8.00. The Kier molecular flexibility index (Phi) is 10.2. The van der Waals surface area contributed by atoms with Gasteiger partial charge in [0.2, 0.25) is 0 Å². The van der Waals surface area contributed by atoms with Gasteiger partial charge in [0.15, 0.2) is 10.8 Å². The van der Waals surface area contributed by atoms with Crippen LogP contribution >= 0.6 is 34.7 Å². The van der Waals surface area contributed by atoms with Crippen LogP contribution in [0.25, 0.3) is 0 Å². The average Bonchev–Trinajstić information content (AvgIpc) is 3.43. The fourth-order valence-electron chi connectivity index (χ4n) is 4.05. The summed E-state index contributed by atoms with van der Waals surface area (Å²) in [5.74, 6) is -0.870. The minimum atomic E-state index is -0.959. The van der Waals surface area contributed by atoms with Crippen LogP contribution in [0.2, 0.25) is 0 Å². The number of ether oxygens (including phenoxy) is 3. The Morgan fingerprint density at radius 3 is 2.53 bits per heavy atom. The smallest absolute Gasteiger partial charge is 0.413 e. The molecule has 1 fully saturated rings. The van der Waals surface area contributed by atoms with Crippen molar-refractivity contribution in [2.45, 2.75) is 44.4 Å². The fourth-order valence-corrected chi connectivity index (χ4v) is 6.41. The summed E-state index contributed by atoms with van der Waals surface area (Å²) in [6, 6.07) is 6.06. The number of methoxy groups -OCH3 is 1. The van der Waals surface area contributed by atoms with Gasteiger partial charge in [-0.3, -0.25) is 19.8 Å². The number of nitrogens with zero attached hydrogens (tertiary/aromatic N) is 3. The highest BCUT2D eigenvalue weighted by Gasteiger charge is 2.54. The van der Waals surface area contributed by atoms with Crippen LogP contribution in [0.1, 0.15) is 32.0 Å². The first-order chi connectivity index (χ1) is 20.4. The Labute approximate surface area is 260 Å². The molecular formula is C27H30ClN5O8S2. The summed E-state index contributed by atoms with van der Waals surface area (Å²) in [4.78, 5) is 62.1. The van der Waals surface area contributed by atoms with Crippen LogP contribution in [0.15, 0.2) is 46.1 Å². The van der Waals surface area contributed by atoms with Gasteiger partial charge in [-0.15, -0.1) is 34.7 Å². The predicted octanol–water partition coefficient (Wildman–Crippen LogP) is 3.49.